The number of carboxylic acid groups (broad SMARTS) is 1. The molecule has 0 unspecified atom stereocenters. The third-order valence-corrected chi connectivity index (χ3v) is 0.958. The van der Waals surface area contributed by atoms with Crippen molar-refractivity contribution < 1.29 is 15.0 Å². The first-order valence-electron chi connectivity index (χ1n) is 2.90. The Hall–Kier alpha value is -1.03. The van der Waals surface area contributed by atoms with E-state index in [1.54, 1.807) is 13.0 Å². The van der Waals surface area contributed by atoms with Crippen molar-refractivity contribution in [3.05, 3.63) is 11.6 Å². The van der Waals surface area contributed by atoms with Crippen LogP contribution < -0.4 is 5.32 Å². The van der Waals surface area contributed by atoms with Crippen molar-refractivity contribution in [1.82, 2.24) is 5.32 Å². The van der Waals surface area contributed by atoms with Crippen LogP contribution in [0.2, 0.25) is 0 Å². The van der Waals surface area contributed by atoms with E-state index in [0.29, 0.717) is 0 Å². The lowest BCUT2D eigenvalue weighted by Crippen LogP contribution is -2.22. The molecule has 3 N–H and O–H groups in total. The molecule has 0 rings (SSSR count). The molecule has 0 saturated carbocycles. The zero-order valence-electron chi connectivity index (χ0n) is 5.79. The van der Waals surface area contributed by atoms with Gasteiger partial charge in [-0.25, -0.2) is 4.79 Å². The second-order valence-corrected chi connectivity index (χ2v) is 1.89. The Kier molecular flexibility index (Phi) is 4.32. The molecule has 10 heavy (non-hydrogen) atoms. The van der Waals surface area contributed by atoms with Crippen LogP contribution in [0.4, 0.5) is 4.79 Å². The molecule has 0 atom stereocenters. The van der Waals surface area contributed by atoms with Gasteiger partial charge in [-0.3, -0.25) is 0 Å². The van der Waals surface area contributed by atoms with Crippen LogP contribution in [0.3, 0.4) is 0 Å². The molecule has 0 aliphatic rings. The summed E-state index contributed by atoms with van der Waals surface area (Å²) in [5.74, 6) is 0. The maximum atomic E-state index is 9.91. The lowest BCUT2D eigenvalue weighted by Gasteiger charge is -1.98. The van der Waals surface area contributed by atoms with Gasteiger partial charge >= 0.3 is 6.09 Å². The van der Waals surface area contributed by atoms with Gasteiger partial charge in [0.2, 0.25) is 0 Å². The maximum Gasteiger partial charge on any atom is 0.404 e. The van der Waals surface area contributed by atoms with E-state index in [4.69, 9.17) is 10.2 Å². The summed E-state index contributed by atoms with van der Waals surface area (Å²) >= 11 is 0. The van der Waals surface area contributed by atoms with Gasteiger partial charge in [0.05, 0.1) is 6.61 Å². The van der Waals surface area contributed by atoms with Gasteiger partial charge in [0.15, 0.2) is 0 Å². The second kappa shape index (κ2) is 4.81. The van der Waals surface area contributed by atoms with E-state index in [1.165, 1.54) is 0 Å². The van der Waals surface area contributed by atoms with Gasteiger partial charge in [0.25, 0.3) is 0 Å². The molecule has 4 heteroatoms. The van der Waals surface area contributed by atoms with Crippen molar-refractivity contribution in [3.8, 4) is 0 Å². The third-order valence-electron chi connectivity index (χ3n) is 0.958. The fraction of sp³-hybridized carbons (Fsp3) is 0.500. The number of hydrogen-bond donors (Lipinski definition) is 3. The van der Waals surface area contributed by atoms with Gasteiger partial charge in [-0.05, 0) is 6.92 Å². The normalized spacial score (nSPS) is 11.2. The lowest BCUT2D eigenvalue weighted by molar-refractivity contribution is 0.195. The van der Waals surface area contributed by atoms with Crippen molar-refractivity contribution in [2.75, 3.05) is 13.2 Å². The molecule has 0 saturated heterocycles. The first kappa shape index (κ1) is 8.97. The minimum absolute atomic E-state index is 0.0485. The van der Waals surface area contributed by atoms with E-state index >= 15 is 0 Å². The topological polar surface area (TPSA) is 69.6 Å². The summed E-state index contributed by atoms with van der Waals surface area (Å²) < 4.78 is 0. The smallest absolute Gasteiger partial charge is 0.404 e. The van der Waals surface area contributed by atoms with Crippen molar-refractivity contribution in [1.29, 1.82) is 0 Å². The van der Waals surface area contributed by atoms with E-state index < -0.39 is 6.09 Å². The van der Waals surface area contributed by atoms with Gasteiger partial charge in [-0.15, -0.1) is 0 Å². The summed E-state index contributed by atoms with van der Waals surface area (Å²) in [6.45, 7) is 1.97. The number of aliphatic hydroxyl groups excluding tert-OH is 1. The molecule has 0 fully saturated rings. The summed E-state index contributed by atoms with van der Waals surface area (Å²) in [6, 6.07) is 0. The van der Waals surface area contributed by atoms with Crippen LogP contribution in [-0.4, -0.2) is 29.5 Å². The molecule has 0 heterocycles. The SMILES string of the molecule is C/C(=C/CO)CNC(=O)O. The largest absolute Gasteiger partial charge is 0.465 e. The van der Waals surface area contributed by atoms with E-state index in [2.05, 4.69) is 5.32 Å². The molecule has 58 valence electrons. The maximum absolute atomic E-state index is 9.91. The van der Waals surface area contributed by atoms with Gasteiger partial charge in [-0.1, -0.05) is 11.6 Å². The highest BCUT2D eigenvalue weighted by atomic mass is 16.4. The minimum Gasteiger partial charge on any atom is -0.465 e. The Morgan fingerprint density at radius 2 is 2.30 bits per heavy atom. The van der Waals surface area contributed by atoms with Crippen LogP contribution in [0.15, 0.2) is 11.6 Å². The molecule has 0 aromatic heterocycles. The molecule has 0 aromatic rings. The minimum atomic E-state index is -1.05. The van der Waals surface area contributed by atoms with Gasteiger partial charge in [0, 0.05) is 6.54 Å². The Labute approximate surface area is 59.2 Å². The van der Waals surface area contributed by atoms with Crippen molar-refractivity contribution in [3.63, 3.8) is 0 Å². The summed E-state index contributed by atoms with van der Waals surface area (Å²) in [5, 5.41) is 18.6. The van der Waals surface area contributed by atoms with E-state index in [0.717, 1.165) is 5.57 Å². The zero-order chi connectivity index (χ0) is 7.98. The van der Waals surface area contributed by atoms with Crippen LogP contribution >= 0.6 is 0 Å². The first-order chi connectivity index (χ1) is 4.66. The highest BCUT2D eigenvalue weighted by Gasteiger charge is 1.92. The highest BCUT2D eigenvalue weighted by molar-refractivity contribution is 5.64. The number of nitrogens with one attached hydrogen (secondary N) is 1. The Balaban J connectivity index is 3.48. The van der Waals surface area contributed by atoms with Crippen LogP contribution in [-0.2, 0) is 0 Å². The number of amides is 1. The molecule has 0 bridgehead atoms. The number of rotatable bonds is 3. The quantitative estimate of drug-likeness (QED) is 0.496. The average Bonchev–Trinajstić information content (AvgIpc) is 1.85. The fourth-order valence-corrected chi connectivity index (χ4v) is 0.443. The van der Waals surface area contributed by atoms with Crippen LogP contribution in [0.5, 0.6) is 0 Å². The lowest BCUT2D eigenvalue weighted by atomic mass is 10.3. The van der Waals surface area contributed by atoms with Gasteiger partial charge < -0.3 is 15.5 Å². The predicted octanol–water partition coefficient (Wildman–Crippen LogP) is 0.193. The van der Waals surface area contributed by atoms with Crippen molar-refractivity contribution >= 4 is 6.09 Å². The third kappa shape index (κ3) is 5.11. The monoisotopic (exact) mass is 145 g/mol. The molecule has 0 spiro atoms. The summed E-state index contributed by atoms with van der Waals surface area (Å²) in [6.07, 6.45) is 0.501. The number of carbonyl (C=O) groups is 1. The van der Waals surface area contributed by atoms with Crippen molar-refractivity contribution in [2.45, 2.75) is 6.92 Å². The Morgan fingerprint density at radius 3 is 2.70 bits per heavy atom. The van der Waals surface area contributed by atoms with E-state index in [9.17, 15) is 4.79 Å². The Morgan fingerprint density at radius 1 is 1.70 bits per heavy atom. The van der Waals surface area contributed by atoms with Gasteiger partial charge in [-0.2, -0.15) is 0 Å². The summed E-state index contributed by atoms with van der Waals surface area (Å²) in [7, 11) is 0. The Bertz CT molecular complexity index is 142. The van der Waals surface area contributed by atoms with Crippen LogP contribution in [0.1, 0.15) is 6.92 Å². The molecule has 1 amide bonds. The van der Waals surface area contributed by atoms with Crippen molar-refractivity contribution in [2.24, 2.45) is 0 Å². The average molecular weight is 145 g/mol. The molecule has 0 aliphatic carbocycles. The molecule has 0 radical (unpaired) electrons. The fourth-order valence-electron chi connectivity index (χ4n) is 0.443. The highest BCUT2D eigenvalue weighted by Crippen LogP contribution is 1.87. The summed E-state index contributed by atoms with van der Waals surface area (Å²) in [5.41, 5.74) is 0.810. The summed E-state index contributed by atoms with van der Waals surface area (Å²) in [4.78, 5) is 9.91. The number of hydrogen-bond acceptors (Lipinski definition) is 2. The standard InChI is InChI=1S/C6H11NO3/c1-5(2-3-8)4-7-6(9)10/h2,7-8H,3-4H2,1H3,(H,9,10)/b5-2-. The molecular formula is C6H11NO3. The first-order valence-corrected chi connectivity index (χ1v) is 2.90. The molecule has 0 aromatic carbocycles. The zero-order valence-corrected chi connectivity index (χ0v) is 5.79. The van der Waals surface area contributed by atoms with E-state index in [-0.39, 0.29) is 13.2 Å². The second-order valence-electron chi connectivity index (χ2n) is 1.89. The van der Waals surface area contributed by atoms with Gasteiger partial charge in [0.1, 0.15) is 0 Å². The molecule has 4 nitrogen and oxygen atoms in total. The predicted molar refractivity (Wildman–Crippen MR) is 36.9 cm³/mol. The van der Waals surface area contributed by atoms with Crippen LogP contribution in [0, 0.1) is 0 Å². The number of aliphatic hydroxyl groups is 1. The molecule has 0 aliphatic heterocycles. The molecular weight excluding hydrogens is 134 g/mol. The van der Waals surface area contributed by atoms with Crippen LogP contribution in [0.25, 0.3) is 0 Å². The van der Waals surface area contributed by atoms with E-state index in [1.807, 2.05) is 0 Å².